The van der Waals surface area contributed by atoms with Crippen molar-refractivity contribution in [3.05, 3.63) is 63.1 Å². The molecule has 1 aliphatic carbocycles. The topological polar surface area (TPSA) is 53.9 Å². The lowest BCUT2D eigenvalue weighted by Crippen LogP contribution is -2.32. The first-order valence-electron chi connectivity index (χ1n) is 10.6. The minimum atomic E-state index is 0.0921. The maximum Gasteiger partial charge on any atom is 0.253 e. The van der Waals surface area contributed by atoms with E-state index >= 15 is 0 Å². The smallest absolute Gasteiger partial charge is 0.253 e. The molecule has 3 aromatic rings. The van der Waals surface area contributed by atoms with E-state index in [0.29, 0.717) is 5.92 Å². The van der Waals surface area contributed by atoms with Crippen molar-refractivity contribution in [2.45, 2.75) is 51.0 Å². The van der Waals surface area contributed by atoms with Crippen molar-refractivity contribution >= 4 is 11.0 Å². The maximum absolute atomic E-state index is 12.5. The zero-order chi connectivity index (χ0) is 19.1. The van der Waals surface area contributed by atoms with Gasteiger partial charge in [-0.25, -0.2) is 0 Å². The van der Waals surface area contributed by atoms with Crippen LogP contribution in [-0.2, 0) is 26.4 Å². The molecule has 1 fully saturated rings. The SMILES string of the molecule is Cn1nc(C2CCN(Cc3ccccc3)CC2)c2c3c(c(=O)[nH]c21)CCCC3. The fourth-order valence-corrected chi connectivity index (χ4v) is 5.09. The molecule has 2 aliphatic rings. The second-order valence-electron chi connectivity index (χ2n) is 8.39. The Hall–Kier alpha value is -2.40. The first-order chi connectivity index (χ1) is 13.7. The van der Waals surface area contributed by atoms with Gasteiger partial charge in [-0.15, -0.1) is 0 Å². The zero-order valence-corrected chi connectivity index (χ0v) is 16.6. The number of H-pyrrole nitrogens is 1. The Labute approximate surface area is 165 Å². The maximum atomic E-state index is 12.5. The number of piperidine rings is 1. The number of fused-ring (bicyclic) bond motifs is 3. The molecule has 28 heavy (non-hydrogen) atoms. The number of nitrogens with one attached hydrogen (secondary N) is 1. The van der Waals surface area contributed by atoms with E-state index in [1.165, 1.54) is 28.6 Å². The van der Waals surface area contributed by atoms with E-state index < -0.39 is 0 Å². The molecule has 0 unspecified atom stereocenters. The third-order valence-electron chi connectivity index (χ3n) is 6.57. The third kappa shape index (κ3) is 3.08. The Kier molecular flexibility index (Phi) is 4.55. The number of hydrogen-bond acceptors (Lipinski definition) is 3. The molecule has 0 radical (unpaired) electrons. The van der Waals surface area contributed by atoms with Crippen molar-refractivity contribution in [2.24, 2.45) is 7.05 Å². The van der Waals surface area contributed by atoms with Gasteiger partial charge in [-0.3, -0.25) is 14.4 Å². The third-order valence-corrected chi connectivity index (χ3v) is 6.57. The monoisotopic (exact) mass is 376 g/mol. The van der Waals surface area contributed by atoms with Gasteiger partial charge in [0.25, 0.3) is 5.56 Å². The number of likely N-dealkylation sites (tertiary alicyclic amines) is 1. The second kappa shape index (κ2) is 7.21. The minimum Gasteiger partial charge on any atom is -0.307 e. The number of rotatable bonds is 3. The number of aromatic amines is 1. The molecule has 0 spiro atoms. The van der Waals surface area contributed by atoms with Crippen LogP contribution in [0.5, 0.6) is 0 Å². The van der Waals surface area contributed by atoms with Gasteiger partial charge in [-0.05, 0) is 62.7 Å². The summed E-state index contributed by atoms with van der Waals surface area (Å²) in [5.41, 5.74) is 5.89. The molecule has 146 valence electrons. The van der Waals surface area contributed by atoms with Gasteiger partial charge in [0.2, 0.25) is 0 Å². The fourth-order valence-electron chi connectivity index (χ4n) is 5.09. The summed E-state index contributed by atoms with van der Waals surface area (Å²) in [5, 5.41) is 6.15. The molecule has 5 heteroatoms. The predicted octanol–water partition coefficient (Wildman–Crippen LogP) is 3.52. The molecule has 1 aliphatic heterocycles. The number of benzene rings is 1. The van der Waals surface area contributed by atoms with Crippen LogP contribution in [0.15, 0.2) is 35.1 Å². The van der Waals surface area contributed by atoms with Gasteiger partial charge in [-0.1, -0.05) is 30.3 Å². The normalized spacial score (nSPS) is 18.5. The molecule has 0 amide bonds. The molecule has 5 rings (SSSR count). The molecule has 3 heterocycles. The predicted molar refractivity (Wildman–Crippen MR) is 112 cm³/mol. The lowest BCUT2D eigenvalue weighted by atomic mass is 9.86. The summed E-state index contributed by atoms with van der Waals surface area (Å²) in [6.07, 6.45) is 6.48. The Balaban J connectivity index is 1.42. The van der Waals surface area contributed by atoms with E-state index in [1.54, 1.807) is 0 Å². The molecular weight excluding hydrogens is 348 g/mol. The molecule has 0 atom stereocenters. The Bertz CT molecular complexity index is 1040. The van der Waals surface area contributed by atoms with E-state index in [2.05, 4.69) is 40.2 Å². The average Bonchev–Trinajstić information content (AvgIpc) is 3.06. The Morgan fingerprint density at radius 2 is 1.79 bits per heavy atom. The van der Waals surface area contributed by atoms with Crippen LogP contribution in [-0.4, -0.2) is 32.8 Å². The largest absolute Gasteiger partial charge is 0.307 e. The van der Waals surface area contributed by atoms with Crippen LogP contribution in [0, 0.1) is 0 Å². The Morgan fingerprint density at radius 1 is 1.07 bits per heavy atom. The minimum absolute atomic E-state index is 0.0921. The van der Waals surface area contributed by atoms with Gasteiger partial charge in [0.05, 0.1) is 5.69 Å². The highest BCUT2D eigenvalue weighted by Crippen LogP contribution is 2.35. The highest BCUT2D eigenvalue weighted by atomic mass is 16.1. The number of aromatic nitrogens is 3. The number of aryl methyl sites for hydroxylation is 2. The fraction of sp³-hybridized carbons (Fsp3) is 0.478. The molecule has 5 nitrogen and oxygen atoms in total. The summed E-state index contributed by atoms with van der Waals surface area (Å²) in [4.78, 5) is 18.2. The van der Waals surface area contributed by atoms with Crippen LogP contribution >= 0.6 is 0 Å². The van der Waals surface area contributed by atoms with Gasteiger partial charge in [0.1, 0.15) is 5.65 Å². The summed E-state index contributed by atoms with van der Waals surface area (Å²) in [5.74, 6) is 0.479. The van der Waals surface area contributed by atoms with E-state index in [9.17, 15) is 4.79 Å². The van der Waals surface area contributed by atoms with Crippen molar-refractivity contribution in [3.8, 4) is 0 Å². The van der Waals surface area contributed by atoms with Gasteiger partial charge >= 0.3 is 0 Å². The van der Waals surface area contributed by atoms with Crippen LogP contribution in [0.3, 0.4) is 0 Å². The average molecular weight is 377 g/mol. The molecule has 0 bridgehead atoms. The van der Waals surface area contributed by atoms with Gasteiger partial charge in [-0.2, -0.15) is 5.10 Å². The van der Waals surface area contributed by atoms with Gasteiger partial charge in [0.15, 0.2) is 0 Å². The molecule has 1 N–H and O–H groups in total. The summed E-state index contributed by atoms with van der Waals surface area (Å²) < 4.78 is 1.89. The second-order valence-corrected chi connectivity index (χ2v) is 8.39. The Morgan fingerprint density at radius 3 is 2.54 bits per heavy atom. The van der Waals surface area contributed by atoms with Crippen LogP contribution in [0.4, 0.5) is 0 Å². The van der Waals surface area contributed by atoms with E-state index in [1.807, 2.05) is 11.7 Å². The van der Waals surface area contributed by atoms with E-state index in [4.69, 9.17) is 5.10 Å². The lowest BCUT2D eigenvalue weighted by Gasteiger charge is -2.31. The first-order valence-corrected chi connectivity index (χ1v) is 10.6. The quantitative estimate of drug-likeness (QED) is 0.761. The van der Waals surface area contributed by atoms with Crippen LogP contribution in [0.1, 0.15) is 54.0 Å². The zero-order valence-electron chi connectivity index (χ0n) is 16.6. The van der Waals surface area contributed by atoms with Crippen molar-refractivity contribution in [3.63, 3.8) is 0 Å². The van der Waals surface area contributed by atoms with Crippen LogP contribution in [0.25, 0.3) is 11.0 Å². The molecular formula is C23H28N4O. The highest BCUT2D eigenvalue weighted by Gasteiger charge is 2.28. The van der Waals surface area contributed by atoms with Gasteiger partial charge < -0.3 is 4.98 Å². The molecule has 0 saturated carbocycles. The number of nitrogens with zero attached hydrogens (tertiary/aromatic N) is 3. The van der Waals surface area contributed by atoms with Crippen molar-refractivity contribution in [2.75, 3.05) is 13.1 Å². The van der Waals surface area contributed by atoms with Crippen molar-refractivity contribution in [1.29, 1.82) is 0 Å². The summed E-state index contributed by atoms with van der Waals surface area (Å²) >= 11 is 0. The first kappa shape index (κ1) is 17.7. The standard InChI is InChI=1S/C23H28N4O/c1-26-22-20(18-9-5-6-10-19(18)23(28)24-22)21(25-26)17-11-13-27(14-12-17)15-16-7-3-2-4-8-16/h2-4,7-8,17H,5-6,9-15H2,1H3,(H,24,28). The van der Waals surface area contributed by atoms with Gasteiger partial charge in [0, 0.05) is 30.5 Å². The van der Waals surface area contributed by atoms with E-state index in [0.717, 1.165) is 62.9 Å². The van der Waals surface area contributed by atoms with Crippen molar-refractivity contribution in [1.82, 2.24) is 19.7 Å². The number of pyridine rings is 1. The number of hydrogen-bond donors (Lipinski definition) is 1. The molecule has 1 aromatic carbocycles. The molecule has 2 aromatic heterocycles. The lowest BCUT2D eigenvalue weighted by molar-refractivity contribution is 0.203. The van der Waals surface area contributed by atoms with Crippen LogP contribution < -0.4 is 5.56 Å². The summed E-state index contributed by atoms with van der Waals surface area (Å²) in [6.45, 7) is 3.23. The van der Waals surface area contributed by atoms with Crippen molar-refractivity contribution < 1.29 is 0 Å². The van der Waals surface area contributed by atoms with E-state index in [-0.39, 0.29) is 5.56 Å². The summed E-state index contributed by atoms with van der Waals surface area (Å²) in [6, 6.07) is 10.7. The van der Waals surface area contributed by atoms with Crippen LogP contribution in [0.2, 0.25) is 0 Å². The highest BCUT2D eigenvalue weighted by molar-refractivity contribution is 5.84. The molecule has 1 saturated heterocycles. The summed E-state index contributed by atoms with van der Waals surface area (Å²) in [7, 11) is 1.96.